The number of rotatable bonds is 1. The second-order valence-electron chi connectivity index (χ2n) is 5.04. The zero-order valence-corrected chi connectivity index (χ0v) is 10.6. The molecule has 2 aliphatic heterocycles. The highest BCUT2D eigenvalue weighted by molar-refractivity contribution is 5.68. The van der Waals surface area contributed by atoms with Gasteiger partial charge in [-0.1, -0.05) is 6.07 Å². The first-order chi connectivity index (χ1) is 8.36. The van der Waals surface area contributed by atoms with Gasteiger partial charge in [-0.15, -0.1) is 0 Å². The minimum Gasteiger partial charge on any atom is -0.374 e. The number of anilines is 2. The Hall–Kier alpha value is -1.22. The van der Waals surface area contributed by atoms with Crippen molar-refractivity contribution in [2.45, 2.75) is 12.8 Å². The fraction of sp³-hybridized carbons (Fsp3) is 0.571. The van der Waals surface area contributed by atoms with E-state index in [4.69, 9.17) is 0 Å². The third kappa shape index (κ3) is 2.00. The van der Waals surface area contributed by atoms with Gasteiger partial charge in [-0.2, -0.15) is 0 Å². The van der Waals surface area contributed by atoms with Crippen LogP contribution in [0.3, 0.4) is 0 Å². The van der Waals surface area contributed by atoms with Crippen LogP contribution in [0.5, 0.6) is 0 Å². The number of fused-ring (bicyclic) bond motifs is 1. The van der Waals surface area contributed by atoms with E-state index in [9.17, 15) is 0 Å². The third-order valence-corrected chi connectivity index (χ3v) is 3.92. The van der Waals surface area contributed by atoms with Gasteiger partial charge in [0.15, 0.2) is 0 Å². The molecule has 1 saturated heterocycles. The summed E-state index contributed by atoms with van der Waals surface area (Å²) in [5.74, 6) is 0. The maximum atomic E-state index is 3.42. The molecule has 0 unspecified atom stereocenters. The van der Waals surface area contributed by atoms with E-state index >= 15 is 0 Å². The maximum absolute atomic E-state index is 3.42. The molecule has 0 bridgehead atoms. The monoisotopic (exact) mass is 231 g/mol. The first-order valence-electron chi connectivity index (χ1n) is 6.65. The number of hydrogen-bond donors (Lipinski definition) is 1. The van der Waals surface area contributed by atoms with Gasteiger partial charge in [0.05, 0.1) is 0 Å². The molecule has 1 N–H and O–H groups in total. The second-order valence-corrected chi connectivity index (χ2v) is 5.04. The van der Waals surface area contributed by atoms with Crippen molar-refractivity contribution < 1.29 is 0 Å². The molecule has 1 fully saturated rings. The molecule has 3 nitrogen and oxygen atoms in total. The Morgan fingerprint density at radius 3 is 2.65 bits per heavy atom. The summed E-state index contributed by atoms with van der Waals surface area (Å²) in [5, 5.41) is 3.42. The number of hydrogen-bond acceptors (Lipinski definition) is 3. The Labute approximate surface area is 103 Å². The van der Waals surface area contributed by atoms with Crippen molar-refractivity contribution in [3.63, 3.8) is 0 Å². The molecule has 0 spiro atoms. The summed E-state index contributed by atoms with van der Waals surface area (Å²) in [6.07, 6.45) is 2.52. The van der Waals surface area contributed by atoms with Crippen LogP contribution in [-0.4, -0.2) is 39.8 Å². The van der Waals surface area contributed by atoms with E-state index in [2.05, 4.69) is 40.4 Å². The Morgan fingerprint density at radius 1 is 1.06 bits per heavy atom. The maximum Gasteiger partial charge on any atom is 0.0420 e. The lowest BCUT2D eigenvalue weighted by molar-refractivity contribution is 0.586. The molecular weight excluding hydrogens is 210 g/mol. The van der Waals surface area contributed by atoms with Crippen LogP contribution in [0.1, 0.15) is 12.0 Å². The molecule has 92 valence electrons. The zero-order valence-electron chi connectivity index (χ0n) is 10.6. The van der Waals surface area contributed by atoms with Gasteiger partial charge in [0.25, 0.3) is 0 Å². The molecule has 0 aliphatic carbocycles. The van der Waals surface area contributed by atoms with E-state index in [-0.39, 0.29) is 0 Å². The molecule has 0 radical (unpaired) electrons. The Morgan fingerprint density at radius 2 is 1.82 bits per heavy atom. The van der Waals surface area contributed by atoms with Crippen LogP contribution < -0.4 is 15.1 Å². The minimum absolute atomic E-state index is 1.11. The van der Waals surface area contributed by atoms with Gasteiger partial charge in [-0.05, 0) is 30.5 Å². The quantitative estimate of drug-likeness (QED) is 0.790. The molecule has 3 heteroatoms. The molecule has 1 aromatic carbocycles. The van der Waals surface area contributed by atoms with Crippen molar-refractivity contribution >= 4 is 11.4 Å². The lowest BCUT2D eigenvalue weighted by atomic mass is 9.99. The molecular formula is C14H21N3. The van der Waals surface area contributed by atoms with Crippen molar-refractivity contribution in [2.24, 2.45) is 0 Å². The summed E-state index contributed by atoms with van der Waals surface area (Å²) in [5.41, 5.74) is 4.46. The van der Waals surface area contributed by atoms with Crippen LogP contribution in [-0.2, 0) is 6.42 Å². The van der Waals surface area contributed by atoms with Crippen LogP contribution in [0.4, 0.5) is 11.4 Å². The van der Waals surface area contributed by atoms with Crippen molar-refractivity contribution in [2.75, 3.05) is 49.6 Å². The summed E-state index contributed by atoms with van der Waals surface area (Å²) < 4.78 is 0. The zero-order chi connectivity index (χ0) is 11.7. The largest absolute Gasteiger partial charge is 0.374 e. The van der Waals surface area contributed by atoms with Gasteiger partial charge in [0, 0.05) is 51.1 Å². The summed E-state index contributed by atoms with van der Waals surface area (Å²) >= 11 is 0. The minimum atomic E-state index is 1.11. The number of benzene rings is 1. The van der Waals surface area contributed by atoms with Gasteiger partial charge in [-0.25, -0.2) is 0 Å². The van der Waals surface area contributed by atoms with Crippen LogP contribution in [0, 0.1) is 0 Å². The third-order valence-electron chi connectivity index (χ3n) is 3.92. The predicted octanol–water partition coefficient (Wildman–Crippen LogP) is 1.48. The van der Waals surface area contributed by atoms with E-state index in [1.807, 2.05) is 0 Å². The van der Waals surface area contributed by atoms with Crippen LogP contribution >= 0.6 is 0 Å². The molecule has 0 saturated carbocycles. The highest BCUT2D eigenvalue weighted by Gasteiger charge is 2.20. The molecule has 3 rings (SSSR count). The number of piperazine rings is 1. The topological polar surface area (TPSA) is 18.5 Å². The average Bonchev–Trinajstić information content (AvgIpc) is 2.40. The number of nitrogens with one attached hydrogen (secondary N) is 1. The Bertz CT molecular complexity index is 396. The van der Waals surface area contributed by atoms with Crippen molar-refractivity contribution in [3.05, 3.63) is 23.8 Å². The number of nitrogens with zero attached hydrogens (tertiary/aromatic N) is 2. The molecule has 0 aromatic heterocycles. The molecule has 2 aliphatic rings. The second kappa shape index (κ2) is 4.57. The van der Waals surface area contributed by atoms with Crippen LogP contribution in [0.2, 0.25) is 0 Å². The lowest BCUT2D eigenvalue weighted by Gasteiger charge is -2.35. The average molecular weight is 231 g/mol. The normalized spacial score (nSPS) is 20.3. The van der Waals surface area contributed by atoms with Gasteiger partial charge in [0.1, 0.15) is 0 Å². The van der Waals surface area contributed by atoms with Gasteiger partial charge >= 0.3 is 0 Å². The highest BCUT2D eigenvalue weighted by atomic mass is 15.2. The van der Waals surface area contributed by atoms with Crippen LogP contribution in [0.25, 0.3) is 0 Å². The molecule has 1 aromatic rings. The fourth-order valence-electron chi connectivity index (χ4n) is 2.99. The van der Waals surface area contributed by atoms with Crippen molar-refractivity contribution in [1.29, 1.82) is 0 Å². The molecule has 2 heterocycles. The first-order valence-corrected chi connectivity index (χ1v) is 6.65. The van der Waals surface area contributed by atoms with Gasteiger partial charge in [-0.3, -0.25) is 0 Å². The summed E-state index contributed by atoms with van der Waals surface area (Å²) in [4.78, 5) is 4.93. The van der Waals surface area contributed by atoms with Crippen molar-refractivity contribution in [1.82, 2.24) is 5.32 Å². The van der Waals surface area contributed by atoms with Crippen molar-refractivity contribution in [3.8, 4) is 0 Å². The summed E-state index contributed by atoms with van der Waals surface area (Å²) in [6, 6.07) is 6.77. The van der Waals surface area contributed by atoms with Gasteiger partial charge in [0.2, 0.25) is 0 Å². The molecule has 0 amide bonds. The highest BCUT2D eigenvalue weighted by Crippen LogP contribution is 2.34. The lowest BCUT2D eigenvalue weighted by Crippen LogP contribution is -2.44. The first kappa shape index (κ1) is 10.9. The van der Waals surface area contributed by atoms with E-state index in [0.29, 0.717) is 0 Å². The fourth-order valence-corrected chi connectivity index (χ4v) is 2.99. The Kier molecular flexibility index (Phi) is 2.93. The summed E-state index contributed by atoms with van der Waals surface area (Å²) in [6.45, 7) is 5.69. The summed E-state index contributed by atoms with van der Waals surface area (Å²) in [7, 11) is 2.21. The Balaban J connectivity index is 1.96. The van der Waals surface area contributed by atoms with E-state index in [1.165, 1.54) is 30.8 Å². The van der Waals surface area contributed by atoms with Crippen LogP contribution in [0.15, 0.2) is 18.2 Å². The smallest absolute Gasteiger partial charge is 0.0420 e. The SMILES string of the molecule is CN1CCCc2c1cccc2N1CCNCC1. The predicted molar refractivity (Wildman–Crippen MR) is 73.1 cm³/mol. The van der Waals surface area contributed by atoms with E-state index in [0.717, 1.165) is 26.2 Å². The van der Waals surface area contributed by atoms with Gasteiger partial charge < -0.3 is 15.1 Å². The van der Waals surface area contributed by atoms with E-state index in [1.54, 1.807) is 5.56 Å². The molecule has 0 atom stereocenters. The molecule has 17 heavy (non-hydrogen) atoms. The standard InChI is InChI=1S/C14H21N3/c1-16-9-3-4-12-13(16)5-2-6-14(12)17-10-7-15-8-11-17/h2,5-6,15H,3-4,7-11H2,1H3. The van der Waals surface area contributed by atoms with E-state index < -0.39 is 0 Å².